The molecule has 24 heavy (non-hydrogen) atoms. The number of nitrogens with zero attached hydrogens (tertiary/aromatic N) is 1. The van der Waals surface area contributed by atoms with Crippen LogP contribution in [0.3, 0.4) is 0 Å². The number of allylic oxidation sites excluding steroid dienone is 1. The first kappa shape index (κ1) is 23.2. The van der Waals surface area contributed by atoms with Crippen molar-refractivity contribution in [1.29, 1.82) is 0 Å². The fourth-order valence-corrected chi connectivity index (χ4v) is 2.78. The number of hydrogen-bond acceptors (Lipinski definition) is 2. The predicted octanol–water partition coefficient (Wildman–Crippen LogP) is 4.60. The molecule has 1 aliphatic rings. The van der Waals surface area contributed by atoms with Gasteiger partial charge in [0.05, 0.1) is 5.56 Å². The van der Waals surface area contributed by atoms with Crippen molar-refractivity contribution in [2.24, 2.45) is 0 Å². The Morgan fingerprint density at radius 2 is 1.83 bits per heavy atom. The zero-order valence-corrected chi connectivity index (χ0v) is 14.7. The number of alkyl halides is 3. The zero-order valence-electron chi connectivity index (χ0n) is 13.1. The minimum atomic E-state index is -4.46. The van der Waals surface area contributed by atoms with E-state index in [0.717, 1.165) is 31.3 Å². The van der Waals surface area contributed by atoms with E-state index >= 15 is 0 Å². The monoisotopic (exact) mass is 388 g/mol. The summed E-state index contributed by atoms with van der Waals surface area (Å²) in [5.41, 5.74) is -0.679. The standard InChI is InChI=1S/C16H20F4N2.2ClH/c1-2-3-4-15(22-9-7-21-8-10-22)13-11-12(16(18,19)20)5-6-14(13)17;;/h2,5-6,11,15,21H,1,3-4,7-10H2;2*1H/t15-;;/m0../s1. The topological polar surface area (TPSA) is 15.3 Å². The van der Waals surface area contributed by atoms with E-state index in [4.69, 9.17) is 0 Å². The van der Waals surface area contributed by atoms with E-state index in [0.29, 0.717) is 25.9 Å². The summed E-state index contributed by atoms with van der Waals surface area (Å²) < 4.78 is 52.8. The number of benzene rings is 1. The molecule has 1 aliphatic heterocycles. The Morgan fingerprint density at radius 1 is 1.21 bits per heavy atom. The van der Waals surface area contributed by atoms with Crippen LogP contribution >= 0.6 is 24.8 Å². The van der Waals surface area contributed by atoms with Gasteiger partial charge in [-0.3, -0.25) is 4.90 Å². The Labute approximate surface area is 152 Å². The van der Waals surface area contributed by atoms with Gasteiger partial charge in [-0.2, -0.15) is 13.2 Å². The Hall–Kier alpha value is -0.820. The van der Waals surface area contributed by atoms with Gasteiger partial charge in [-0.25, -0.2) is 4.39 Å². The lowest BCUT2D eigenvalue weighted by Gasteiger charge is -2.35. The lowest BCUT2D eigenvalue weighted by molar-refractivity contribution is -0.137. The number of hydrogen-bond donors (Lipinski definition) is 1. The highest BCUT2D eigenvalue weighted by Crippen LogP contribution is 2.35. The van der Waals surface area contributed by atoms with Gasteiger partial charge in [-0.1, -0.05) is 6.08 Å². The van der Waals surface area contributed by atoms with Crippen molar-refractivity contribution in [1.82, 2.24) is 10.2 Å². The Balaban J connectivity index is 0.00000264. The Kier molecular flexibility index (Phi) is 9.88. The van der Waals surface area contributed by atoms with E-state index in [-0.39, 0.29) is 36.4 Å². The normalized spacial score (nSPS) is 16.7. The maximum absolute atomic E-state index is 14.2. The molecule has 1 fully saturated rings. The third-order valence-corrected chi connectivity index (χ3v) is 3.92. The molecule has 1 aromatic carbocycles. The zero-order chi connectivity index (χ0) is 16.2. The summed E-state index contributed by atoms with van der Waals surface area (Å²) in [5, 5.41) is 3.19. The summed E-state index contributed by atoms with van der Waals surface area (Å²) in [6.07, 6.45) is -1.57. The minimum absolute atomic E-state index is 0. The van der Waals surface area contributed by atoms with Crippen molar-refractivity contribution in [3.05, 3.63) is 47.8 Å². The molecular weight excluding hydrogens is 367 g/mol. The van der Waals surface area contributed by atoms with E-state index in [1.165, 1.54) is 0 Å². The van der Waals surface area contributed by atoms with Gasteiger partial charge in [-0.05, 0) is 31.0 Å². The molecule has 1 atom stereocenters. The van der Waals surface area contributed by atoms with Gasteiger partial charge in [0.1, 0.15) is 5.82 Å². The van der Waals surface area contributed by atoms with Gasteiger partial charge in [0.15, 0.2) is 0 Å². The number of halogens is 6. The van der Waals surface area contributed by atoms with Crippen LogP contribution in [0.15, 0.2) is 30.9 Å². The van der Waals surface area contributed by atoms with E-state index in [1.54, 1.807) is 6.08 Å². The highest BCUT2D eigenvalue weighted by Gasteiger charge is 2.33. The molecule has 1 aromatic rings. The van der Waals surface area contributed by atoms with Crippen molar-refractivity contribution >= 4 is 24.8 Å². The molecule has 138 valence electrons. The summed E-state index contributed by atoms with van der Waals surface area (Å²) in [7, 11) is 0. The first-order chi connectivity index (χ1) is 10.4. The van der Waals surface area contributed by atoms with Crippen molar-refractivity contribution in [2.75, 3.05) is 26.2 Å². The lowest BCUT2D eigenvalue weighted by Crippen LogP contribution is -2.45. The van der Waals surface area contributed by atoms with Crippen LogP contribution in [-0.4, -0.2) is 31.1 Å². The highest BCUT2D eigenvalue weighted by molar-refractivity contribution is 5.85. The van der Waals surface area contributed by atoms with E-state index in [2.05, 4.69) is 11.9 Å². The van der Waals surface area contributed by atoms with Crippen molar-refractivity contribution in [2.45, 2.75) is 25.1 Å². The summed E-state index contributed by atoms with van der Waals surface area (Å²) in [6, 6.07) is 2.30. The van der Waals surface area contributed by atoms with Crippen LogP contribution in [0, 0.1) is 5.82 Å². The van der Waals surface area contributed by atoms with Crippen LogP contribution in [0.25, 0.3) is 0 Å². The van der Waals surface area contributed by atoms with Gasteiger partial charge in [0.25, 0.3) is 0 Å². The van der Waals surface area contributed by atoms with Crippen LogP contribution < -0.4 is 5.32 Å². The molecule has 2 nitrogen and oxygen atoms in total. The maximum atomic E-state index is 14.2. The second-order valence-electron chi connectivity index (χ2n) is 5.40. The molecule has 0 unspecified atom stereocenters. The molecular formula is C16H22Cl2F4N2. The van der Waals surface area contributed by atoms with Crippen LogP contribution in [0.4, 0.5) is 17.6 Å². The largest absolute Gasteiger partial charge is 0.416 e. The number of rotatable bonds is 5. The van der Waals surface area contributed by atoms with Crippen molar-refractivity contribution in [3.63, 3.8) is 0 Å². The number of piperazine rings is 1. The van der Waals surface area contributed by atoms with Gasteiger partial charge in [-0.15, -0.1) is 31.4 Å². The van der Waals surface area contributed by atoms with Gasteiger partial charge < -0.3 is 5.32 Å². The molecule has 0 bridgehead atoms. The molecule has 8 heteroatoms. The predicted molar refractivity (Wildman–Crippen MR) is 92.5 cm³/mol. The van der Waals surface area contributed by atoms with E-state index in [1.807, 2.05) is 4.90 Å². The van der Waals surface area contributed by atoms with Gasteiger partial charge in [0, 0.05) is 37.8 Å². The van der Waals surface area contributed by atoms with Crippen molar-refractivity contribution < 1.29 is 17.6 Å². The summed E-state index contributed by atoms with van der Waals surface area (Å²) in [5.74, 6) is -0.583. The van der Waals surface area contributed by atoms with Crippen LogP contribution in [-0.2, 0) is 6.18 Å². The highest BCUT2D eigenvalue weighted by atomic mass is 35.5. The third-order valence-electron chi connectivity index (χ3n) is 3.92. The molecule has 0 amide bonds. The molecule has 0 aromatic heterocycles. The molecule has 0 radical (unpaired) electrons. The smallest absolute Gasteiger partial charge is 0.314 e. The van der Waals surface area contributed by atoms with Crippen LogP contribution in [0.2, 0.25) is 0 Å². The Bertz CT molecular complexity index is 517. The molecule has 1 heterocycles. The molecule has 1 saturated heterocycles. The first-order valence-electron chi connectivity index (χ1n) is 7.36. The average molecular weight is 389 g/mol. The van der Waals surface area contributed by atoms with Crippen LogP contribution in [0.5, 0.6) is 0 Å². The van der Waals surface area contributed by atoms with E-state index in [9.17, 15) is 17.6 Å². The summed E-state index contributed by atoms with van der Waals surface area (Å²) in [4.78, 5) is 2.04. The second-order valence-corrected chi connectivity index (χ2v) is 5.40. The van der Waals surface area contributed by atoms with Crippen molar-refractivity contribution in [3.8, 4) is 0 Å². The molecule has 2 rings (SSSR count). The maximum Gasteiger partial charge on any atom is 0.416 e. The average Bonchev–Trinajstić information content (AvgIpc) is 2.49. The Morgan fingerprint density at radius 3 is 2.38 bits per heavy atom. The van der Waals surface area contributed by atoms with E-state index < -0.39 is 17.6 Å². The summed E-state index contributed by atoms with van der Waals surface area (Å²) in [6.45, 7) is 6.54. The quantitative estimate of drug-likeness (QED) is 0.585. The fourth-order valence-electron chi connectivity index (χ4n) is 2.78. The minimum Gasteiger partial charge on any atom is -0.314 e. The number of nitrogens with one attached hydrogen (secondary N) is 1. The molecule has 1 N–H and O–H groups in total. The second kappa shape index (κ2) is 10.2. The first-order valence-corrected chi connectivity index (χ1v) is 7.36. The third kappa shape index (κ3) is 5.92. The molecule has 0 aliphatic carbocycles. The van der Waals surface area contributed by atoms with Gasteiger partial charge >= 0.3 is 6.18 Å². The summed E-state index contributed by atoms with van der Waals surface area (Å²) >= 11 is 0. The van der Waals surface area contributed by atoms with Crippen LogP contribution in [0.1, 0.15) is 30.0 Å². The molecule has 0 saturated carbocycles. The van der Waals surface area contributed by atoms with Gasteiger partial charge in [0.2, 0.25) is 0 Å². The molecule has 0 spiro atoms. The fraction of sp³-hybridized carbons (Fsp3) is 0.500. The SMILES string of the molecule is C=CCC[C@@H](c1cc(C(F)(F)F)ccc1F)N1CCNCC1.Cl.Cl. The lowest BCUT2D eigenvalue weighted by atomic mass is 9.97.